The second-order valence-corrected chi connectivity index (χ2v) is 9.01. The molecule has 0 radical (unpaired) electrons. The molecule has 0 saturated carbocycles. The minimum atomic E-state index is -3.72. The van der Waals surface area contributed by atoms with Gasteiger partial charge in [-0.3, -0.25) is 4.31 Å². The van der Waals surface area contributed by atoms with Gasteiger partial charge in [0.1, 0.15) is 10.6 Å². The molecule has 0 saturated heterocycles. The third-order valence-electron chi connectivity index (χ3n) is 4.94. The summed E-state index contributed by atoms with van der Waals surface area (Å²) < 4.78 is 34.5. The number of rotatable bonds is 5. The van der Waals surface area contributed by atoms with Crippen LogP contribution in [0.1, 0.15) is 50.3 Å². The fourth-order valence-electron chi connectivity index (χ4n) is 3.78. The van der Waals surface area contributed by atoms with E-state index in [1.54, 1.807) is 10.4 Å². The maximum Gasteiger partial charge on any atom is 0.268 e. The van der Waals surface area contributed by atoms with E-state index in [0.717, 1.165) is 28.8 Å². The normalized spacial score (nSPS) is 16.8. The van der Waals surface area contributed by atoms with Crippen molar-refractivity contribution < 1.29 is 13.2 Å². The van der Waals surface area contributed by atoms with E-state index in [-0.39, 0.29) is 16.9 Å². The van der Waals surface area contributed by atoms with Gasteiger partial charge in [-0.1, -0.05) is 32.0 Å². The first-order valence-corrected chi connectivity index (χ1v) is 10.6. The molecular formula is C21H27NO3S. The SMILES string of the molecule is CCOc1cc(C)c(C(C)C)cc1S(=O)(=O)N1c2ccccc2C[C@@H]1C. The van der Waals surface area contributed by atoms with Crippen LogP contribution in [0.25, 0.3) is 0 Å². The summed E-state index contributed by atoms with van der Waals surface area (Å²) in [6, 6.07) is 11.3. The molecule has 1 heterocycles. The van der Waals surface area contributed by atoms with E-state index in [1.165, 1.54) is 0 Å². The molecule has 4 nitrogen and oxygen atoms in total. The van der Waals surface area contributed by atoms with Gasteiger partial charge in [-0.25, -0.2) is 8.42 Å². The molecule has 0 fully saturated rings. The molecule has 26 heavy (non-hydrogen) atoms. The van der Waals surface area contributed by atoms with Crippen LogP contribution < -0.4 is 9.04 Å². The van der Waals surface area contributed by atoms with Crippen molar-refractivity contribution in [2.45, 2.75) is 57.9 Å². The van der Waals surface area contributed by atoms with Crippen LogP contribution in [0.3, 0.4) is 0 Å². The van der Waals surface area contributed by atoms with Crippen LogP contribution in [0.2, 0.25) is 0 Å². The lowest BCUT2D eigenvalue weighted by Gasteiger charge is -2.26. The molecule has 1 aliphatic rings. The number of fused-ring (bicyclic) bond motifs is 1. The third-order valence-corrected chi connectivity index (χ3v) is 6.89. The summed E-state index contributed by atoms with van der Waals surface area (Å²) in [4.78, 5) is 0.261. The zero-order valence-corrected chi connectivity index (χ0v) is 16.9. The fourth-order valence-corrected chi connectivity index (χ4v) is 5.62. The topological polar surface area (TPSA) is 46.6 Å². The molecule has 1 aliphatic heterocycles. The van der Waals surface area contributed by atoms with E-state index in [1.807, 2.05) is 51.1 Å². The van der Waals surface area contributed by atoms with E-state index < -0.39 is 10.0 Å². The first-order chi connectivity index (χ1) is 12.3. The smallest absolute Gasteiger partial charge is 0.268 e. The van der Waals surface area contributed by atoms with Gasteiger partial charge in [-0.05, 0) is 68.0 Å². The molecule has 0 unspecified atom stereocenters. The van der Waals surface area contributed by atoms with E-state index in [2.05, 4.69) is 13.8 Å². The van der Waals surface area contributed by atoms with Crippen molar-refractivity contribution in [3.8, 4) is 5.75 Å². The maximum absolute atomic E-state index is 13.6. The largest absolute Gasteiger partial charge is 0.492 e. The molecule has 0 spiro atoms. The van der Waals surface area contributed by atoms with E-state index in [9.17, 15) is 8.42 Å². The van der Waals surface area contributed by atoms with Crippen molar-refractivity contribution in [3.05, 3.63) is 53.1 Å². The first-order valence-electron chi connectivity index (χ1n) is 9.17. The summed E-state index contributed by atoms with van der Waals surface area (Å²) in [6.45, 7) is 10.4. The number of anilines is 1. The van der Waals surface area contributed by atoms with E-state index in [0.29, 0.717) is 12.4 Å². The lowest BCUT2D eigenvalue weighted by atomic mass is 9.98. The average molecular weight is 374 g/mol. The van der Waals surface area contributed by atoms with Crippen LogP contribution in [0.5, 0.6) is 5.75 Å². The monoisotopic (exact) mass is 373 g/mol. The summed E-state index contributed by atoms with van der Waals surface area (Å²) in [6.07, 6.45) is 0.724. The highest BCUT2D eigenvalue weighted by atomic mass is 32.2. The van der Waals surface area contributed by atoms with Crippen molar-refractivity contribution in [1.29, 1.82) is 0 Å². The van der Waals surface area contributed by atoms with Crippen LogP contribution in [-0.4, -0.2) is 21.1 Å². The van der Waals surface area contributed by atoms with Crippen molar-refractivity contribution in [3.63, 3.8) is 0 Å². The number of benzene rings is 2. The summed E-state index contributed by atoms with van der Waals surface area (Å²) in [5, 5.41) is 0. The third kappa shape index (κ3) is 3.09. The van der Waals surface area contributed by atoms with Gasteiger partial charge in [0.2, 0.25) is 0 Å². The summed E-state index contributed by atoms with van der Waals surface area (Å²) in [7, 11) is -3.72. The molecule has 0 amide bonds. The van der Waals surface area contributed by atoms with Crippen molar-refractivity contribution in [2.24, 2.45) is 0 Å². The Labute approximate surface area is 156 Å². The van der Waals surface area contributed by atoms with Crippen LogP contribution in [0.4, 0.5) is 5.69 Å². The molecule has 3 rings (SSSR count). The van der Waals surface area contributed by atoms with Crippen molar-refractivity contribution in [1.82, 2.24) is 0 Å². The van der Waals surface area contributed by atoms with E-state index >= 15 is 0 Å². The zero-order chi connectivity index (χ0) is 19.1. The number of para-hydroxylation sites is 1. The number of sulfonamides is 1. The minimum absolute atomic E-state index is 0.115. The summed E-state index contributed by atoms with van der Waals surface area (Å²) in [5.74, 6) is 0.675. The Kier molecular flexibility index (Phi) is 5.02. The maximum atomic E-state index is 13.6. The molecule has 5 heteroatoms. The quantitative estimate of drug-likeness (QED) is 0.766. The number of hydrogen-bond acceptors (Lipinski definition) is 3. The molecule has 2 aromatic carbocycles. The Morgan fingerprint density at radius 2 is 1.92 bits per heavy atom. The lowest BCUT2D eigenvalue weighted by Crippen LogP contribution is -2.36. The Bertz CT molecular complexity index is 919. The standard InChI is InChI=1S/C21H27NO3S/c1-6-25-20-11-15(4)18(14(2)3)13-21(20)26(23,24)22-16(5)12-17-9-7-8-10-19(17)22/h7-11,13-14,16H,6,12H2,1-5H3/t16-/m0/s1. The molecule has 0 aromatic heterocycles. The van der Waals surface area contributed by atoms with Gasteiger partial charge >= 0.3 is 0 Å². The predicted octanol–water partition coefficient (Wildman–Crippen LogP) is 4.66. The van der Waals surface area contributed by atoms with Gasteiger partial charge < -0.3 is 4.74 Å². The number of ether oxygens (including phenoxy) is 1. The summed E-state index contributed by atoms with van der Waals surface area (Å²) >= 11 is 0. The van der Waals surface area contributed by atoms with Gasteiger partial charge in [0.05, 0.1) is 12.3 Å². The van der Waals surface area contributed by atoms with Crippen LogP contribution in [-0.2, 0) is 16.4 Å². The summed E-state index contributed by atoms with van der Waals surface area (Å²) in [5.41, 5.74) is 3.93. The highest BCUT2D eigenvalue weighted by molar-refractivity contribution is 7.93. The first kappa shape index (κ1) is 18.8. The predicted molar refractivity (Wildman–Crippen MR) is 106 cm³/mol. The van der Waals surface area contributed by atoms with Crippen molar-refractivity contribution >= 4 is 15.7 Å². The molecule has 140 valence electrons. The molecule has 0 N–H and O–H groups in total. The Morgan fingerprint density at radius 3 is 2.58 bits per heavy atom. The van der Waals surface area contributed by atoms with Gasteiger partial charge in [-0.2, -0.15) is 0 Å². The van der Waals surface area contributed by atoms with Crippen LogP contribution >= 0.6 is 0 Å². The number of aryl methyl sites for hydroxylation is 1. The zero-order valence-electron chi connectivity index (χ0n) is 16.1. The molecular weight excluding hydrogens is 346 g/mol. The highest BCUT2D eigenvalue weighted by Crippen LogP contribution is 2.40. The molecule has 0 aliphatic carbocycles. The molecule has 1 atom stereocenters. The van der Waals surface area contributed by atoms with Gasteiger partial charge in [0.15, 0.2) is 0 Å². The van der Waals surface area contributed by atoms with E-state index in [4.69, 9.17) is 4.74 Å². The minimum Gasteiger partial charge on any atom is -0.492 e. The molecule has 2 aromatic rings. The lowest BCUT2D eigenvalue weighted by molar-refractivity contribution is 0.330. The van der Waals surface area contributed by atoms with Crippen LogP contribution in [0, 0.1) is 6.92 Å². The van der Waals surface area contributed by atoms with Gasteiger partial charge in [0, 0.05) is 6.04 Å². The van der Waals surface area contributed by atoms with Crippen molar-refractivity contribution in [2.75, 3.05) is 10.9 Å². The van der Waals surface area contributed by atoms with Gasteiger partial charge in [-0.15, -0.1) is 0 Å². The number of hydrogen-bond donors (Lipinski definition) is 0. The highest BCUT2D eigenvalue weighted by Gasteiger charge is 2.37. The Balaban J connectivity index is 2.19. The number of nitrogens with zero attached hydrogens (tertiary/aromatic N) is 1. The van der Waals surface area contributed by atoms with Crippen LogP contribution in [0.15, 0.2) is 41.3 Å². The molecule has 0 bridgehead atoms. The fraction of sp³-hybridized carbons (Fsp3) is 0.429. The Hall–Kier alpha value is -2.01. The Morgan fingerprint density at radius 1 is 1.23 bits per heavy atom. The second-order valence-electron chi connectivity index (χ2n) is 7.23. The average Bonchev–Trinajstić information content (AvgIpc) is 2.91. The second kappa shape index (κ2) is 6.95. The van der Waals surface area contributed by atoms with Gasteiger partial charge in [0.25, 0.3) is 10.0 Å².